The minimum atomic E-state index is -0.397. The molecule has 0 fully saturated rings. The molecule has 0 bridgehead atoms. The molecule has 2 N–H and O–H groups in total. The Morgan fingerprint density at radius 3 is 2.68 bits per heavy atom. The van der Waals surface area contributed by atoms with Crippen LogP contribution in [0.25, 0.3) is 10.2 Å². The van der Waals surface area contributed by atoms with Gasteiger partial charge in [0, 0.05) is 4.88 Å². The highest BCUT2D eigenvalue weighted by molar-refractivity contribution is 7.18. The van der Waals surface area contributed by atoms with Gasteiger partial charge in [0.2, 0.25) is 5.91 Å². The molecule has 0 aliphatic heterocycles. The van der Waals surface area contributed by atoms with Gasteiger partial charge in [-0.3, -0.25) is 19.0 Å². The highest BCUT2D eigenvalue weighted by Crippen LogP contribution is 2.34. The summed E-state index contributed by atoms with van der Waals surface area (Å²) in [6, 6.07) is 16.3. The first-order valence-corrected chi connectivity index (χ1v) is 12.1. The zero-order valence-electron chi connectivity index (χ0n) is 18.7. The van der Waals surface area contributed by atoms with Gasteiger partial charge in [-0.1, -0.05) is 42.5 Å². The molecule has 34 heavy (non-hydrogen) atoms. The molecule has 2 heterocycles. The molecule has 0 radical (unpaired) electrons. The summed E-state index contributed by atoms with van der Waals surface area (Å²) in [6.07, 6.45) is 4.34. The van der Waals surface area contributed by atoms with Crippen molar-refractivity contribution in [3.05, 3.63) is 92.8 Å². The number of aryl methyl sites for hydroxylation is 2. The number of amides is 2. The fraction of sp³-hybridized carbons (Fsp3) is 0.231. The van der Waals surface area contributed by atoms with E-state index in [1.807, 2.05) is 37.3 Å². The number of rotatable bonds is 6. The molecule has 2 aromatic carbocycles. The number of carbonyl (C=O) groups is 2. The predicted octanol–water partition coefficient (Wildman–Crippen LogP) is 4.08. The predicted molar refractivity (Wildman–Crippen MR) is 133 cm³/mol. The fourth-order valence-corrected chi connectivity index (χ4v) is 5.59. The lowest BCUT2D eigenvalue weighted by Gasteiger charge is -2.16. The van der Waals surface area contributed by atoms with Gasteiger partial charge in [-0.15, -0.1) is 11.3 Å². The number of aromatic nitrogens is 2. The Kier molecular flexibility index (Phi) is 5.98. The Balaban J connectivity index is 1.33. The highest BCUT2D eigenvalue weighted by atomic mass is 32.1. The van der Waals surface area contributed by atoms with Crippen LogP contribution in [0.3, 0.4) is 0 Å². The Hall–Kier alpha value is -3.78. The molecule has 172 valence electrons. The van der Waals surface area contributed by atoms with E-state index in [2.05, 4.69) is 15.6 Å². The van der Waals surface area contributed by atoms with Gasteiger partial charge in [0.25, 0.3) is 11.5 Å². The summed E-state index contributed by atoms with van der Waals surface area (Å²) in [5.74, 6) is -0.687. The molecule has 2 amide bonds. The number of anilines is 1. The first kappa shape index (κ1) is 22.0. The number of fused-ring (bicyclic) bond motifs is 3. The standard InChI is InChI=1S/C26H24N4O3S/c1-16(17-8-3-2-4-9-17)28-24(32)18-10-5-6-12-20(18)29-22(31)14-30-15-27-25-23(26(30)33)19-11-7-13-21(19)34-25/h2-6,8-10,12,15-16H,7,11,13-14H2,1H3,(H,28,32)(H,29,31). The third kappa shape index (κ3) is 4.24. The summed E-state index contributed by atoms with van der Waals surface area (Å²) in [5, 5.41) is 6.40. The van der Waals surface area contributed by atoms with E-state index in [9.17, 15) is 14.4 Å². The van der Waals surface area contributed by atoms with E-state index in [4.69, 9.17) is 0 Å². The van der Waals surface area contributed by atoms with Crippen molar-refractivity contribution in [3.8, 4) is 0 Å². The minimum Gasteiger partial charge on any atom is -0.345 e. The van der Waals surface area contributed by atoms with Crippen LogP contribution in [-0.2, 0) is 24.2 Å². The topological polar surface area (TPSA) is 93.1 Å². The lowest BCUT2D eigenvalue weighted by atomic mass is 10.1. The Bertz CT molecular complexity index is 1440. The van der Waals surface area contributed by atoms with Crippen molar-refractivity contribution in [3.63, 3.8) is 0 Å². The van der Waals surface area contributed by atoms with Gasteiger partial charge in [0.1, 0.15) is 11.4 Å². The summed E-state index contributed by atoms with van der Waals surface area (Å²) in [4.78, 5) is 45.2. The van der Waals surface area contributed by atoms with Gasteiger partial charge >= 0.3 is 0 Å². The lowest BCUT2D eigenvalue weighted by Crippen LogP contribution is -2.30. The molecule has 1 aliphatic rings. The van der Waals surface area contributed by atoms with Gasteiger partial charge in [0.15, 0.2) is 0 Å². The zero-order chi connectivity index (χ0) is 23.7. The molecule has 7 nitrogen and oxygen atoms in total. The maximum atomic E-state index is 13.1. The normalized spacial score (nSPS) is 13.4. The van der Waals surface area contributed by atoms with Crippen molar-refractivity contribution in [1.29, 1.82) is 0 Å². The first-order valence-electron chi connectivity index (χ1n) is 11.3. The van der Waals surface area contributed by atoms with Crippen molar-refractivity contribution in [2.45, 2.75) is 38.8 Å². The number of benzene rings is 2. The lowest BCUT2D eigenvalue weighted by molar-refractivity contribution is -0.116. The van der Waals surface area contributed by atoms with E-state index in [1.54, 1.807) is 35.6 Å². The molecule has 0 saturated heterocycles. The van der Waals surface area contributed by atoms with Crippen molar-refractivity contribution < 1.29 is 9.59 Å². The maximum absolute atomic E-state index is 13.1. The number of para-hydroxylation sites is 1. The summed E-state index contributed by atoms with van der Waals surface area (Å²) >= 11 is 1.57. The van der Waals surface area contributed by atoms with Crippen LogP contribution in [0.4, 0.5) is 5.69 Å². The van der Waals surface area contributed by atoms with Crippen molar-refractivity contribution in [2.75, 3.05) is 5.32 Å². The van der Waals surface area contributed by atoms with E-state index in [0.29, 0.717) is 16.6 Å². The van der Waals surface area contributed by atoms with Crippen LogP contribution in [0, 0.1) is 0 Å². The largest absolute Gasteiger partial charge is 0.345 e. The van der Waals surface area contributed by atoms with Gasteiger partial charge < -0.3 is 10.6 Å². The smallest absolute Gasteiger partial charge is 0.262 e. The molecule has 1 aliphatic carbocycles. The molecule has 0 spiro atoms. The van der Waals surface area contributed by atoms with Gasteiger partial charge in [-0.25, -0.2) is 4.98 Å². The van der Waals surface area contributed by atoms with Crippen LogP contribution in [0.15, 0.2) is 65.7 Å². The average Bonchev–Trinajstić information content (AvgIpc) is 3.43. The third-order valence-electron chi connectivity index (χ3n) is 6.10. The summed E-state index contributed by atoms with van der Waals surface area (Å²) in [6.45, 7) is 1.73. The SMILES string of the molecule is CC(NC(=O)c1ccccc1NC(=O)Cn1cnc2sc3c(c2c1=O)CCC3)c1ccccc1. The van der Waals surface area contributed by atoms with Crippen molar-refractivity contribution >= 4 is 39.1 Å². The number of hydrogen-bond acceptors (Lipinski definition) is 5. The monoisotopic (exact) mass is 472 g/mol. The molecule has 5 rings (SSSR count). The van der Waals surface area contributed by atoms with Crippen LogP contribution in [0.2, 0.25) is 0 Å². The second kappa shape index (κ2) is 9.23. The van der Waals surface area contributed by atoms with Crippen LogP contribution in [-0.4, -0.2) is 21.4 Å². The zero-order valence-corrected chi connectivity index (χ0v) is 19.5. The van der Waals surface area contributed by atoms with Crippen LogP contribution in [0.5, 0.6) is 0 Å². The number of thiophene rings is 1. The Labute approximate surface area is 200 Å². The van der Waals surface area contributed by atoms with Crippen LogP contribution >= 0.6 is 11.3 Å². The number of hydrogen-bond donors (Lipinski definition) is 2. The molecular weight excluding hydrogens is 448 g/mol. The Morgan fingerprint density at radius 2 is 1.85 bits per heavy atom. The van der Waals surface area contributed by atoms with E-state index in [1.165, 1.54) is 15.8 Å². The van der Waals surface area contributed by atoms with E-state index >= 15 is 0 Å². The second-order valence-electron chi connectivity index (χ2n) is 8.41. The number of carbonyl (C=O) groups excluding carboxylic acids is 2. The van der Waals surface area contributed by atoms with Crippen molar-refractivity contribution in [1.82, 2.24) is 14.9 Å². The van der Waals surface area contributed by atoms with Crippen molar-refractivity contribution in [2.24, 2.45) is 0 Å². The molecule has 2 aromatic heterocycles. The number of nitrogens with zero attached hydrogens (tertiary/aromatic N) is 2. The molecule has 4 aromatic rings. The van der Waals surface area contributed by atoms with Gasteiger partial charge in [-0.2, -0.15) is 0 Å². The molecule has 1 atom stereocenters. The summed E-state index contributed by atoms with van der Waals surface area (Å²) in [5.41, 5.74) is 2.63. The second-order valence-corrected chi connectivity index (χ2v) is 9.50. The first-order chi connectivity index (χ1) is 16.5. The minimum absolute atomic E-state index is 0.178. The Morgan fingerprint density at radius 1 is 1.09 bits per heavy atom. The van der Waals surface area contributed by atoms with Crippen LogP contribution < -0.4 is 16.2 Å². The van der Waals surface area contributed by atoms with Crippen LogP contribution in [0.1, 0.15) is 45.7 Å². The summed E-state index contributed by atoms with van der Waals surface area (Å²) in [7, 11) is 0. The quantitative estimate of drug-likeness (QED) is 0.442. The molecular formula is C26H24N4O3S. The molecule has 1 unspecified atom stereocenters. The molecule has 8 heteroatoms. The average molecular weight is 473 g/mol. The molecule has 0 saturated carbocycles. The maximum Gasteiger partial charge on any atom is 0.262 e. The van der Waals surface area contributed by atoms with Gasteiger partial charge in [0.05, 0.1) is 29.0 Å². The third-order valence-corrected chi connectivity index (χ3v) is 7.30. The number of nitrogens with one attached hydrogen (secondary N) is 2. The van der Waals surface area contributed by atoms with E-state index in [0.717, 1.165) is 35.2 Å². The fourth-order valence-electron chi connectivity index (χ4n) is 4.37. The van der Waals surface area contributed by atoms with E-state index in [-0.39, 0.29) is 24.1 Å². The van der Waals surface area contributed by atoms with E-state index < -0.39 is 5.91 Å². The van der Waals surface area contributed by atoms with Gasteiger partial charge in [-0.05, 0) is 49.4 Å². The summed E-state index contributed by atoms with van der Waals surface area (Å²) < 4.78 is 1.34. The highest BCUT2D eigenvalue weighted by Gasteiger charge is 2.22.